The summed E-state index contributed by atoms with van der Waals surface area (Å²) in [7, 11) is 0. The first-order chi connectivity index (χ1) is 9.65. The molecule has 1 aliphatic rings. The Balaban J connectivity index is 2.27. The third-order valence-electron chi connectivity index (χ3n) is 3.42. The molecule has 2 rings (SSSR count). The van der Waals surface area contributed by atoms with Gasteiger partial charge >= 0.3 is 0 Å². The summed E-state index contributed by atoms with van der Waals surface area (Å²) in [4.78, 5) is 12.7. The van der Waals surface area contributed by atoms with E-state index < -0.39 is 4.92 Å². The molecule has 0 N–H and O–H groups in total. The lowest BCUT2D eigenvalue weighted by Gasteiger charge is -2.33. The standard InChI is InChI=1S/C14H17N3O3/c1-2-20-12-4-3-7-16(10-12)13-6-5-11(9-15)8-14(13)17(18)19/h5-6,8,12H,2-4,7,10H2,1H3. The van der Waals surface area contributed by atoms with Crippen molar-refractivity contribution in [1.82, 2.24) is 0 Å². The van der Waals surface area contributed by atoms with Gasteiger partial charge < -0.3 is 9.64 Å². The fourth-order valence-electron chi connectivity index (χ4n) is 2.54. The van der Waals surface area contributed by atoms with Crippen molar-refractivity contribution < 1.29 is 9.66 Å². The molecule has 1 unspecified atom stereocenters. The van der Waals surface area contributed by atoms with Gasteiger partial charge in [-0.25, -0.2) is 0 Å². The third-order valence-corrected chi connectivity index (χ3v) is 3.42. The number of nitriles is 1. The highest BCUT2D eigenvalue weighted by Gasteiger charge is 2.26. The van der Waals surface area contributed by atoms with Gasteiger partial charge in [-0.3, -0.25) is 10.1 Å². The Morgan fingerprint density at radius 2 is 2.40 bits per heavy atom. The minimum absolute atomic E-state index is 0.0128. The van der Waals surface area contributed by atoms with Crippen LogP contribution >= 0.6 is 0 Å². The second-order valence-electron chi connectivity index (χ2n) is 4.74. The number of ether oxygens (including phenoxy) is 1. The minimum atomic E-state index is -0.430. The largest absolute Gasteiger partial charge is 0.377 e. The fraction of sp³-hybridized carbons (Fsp3) is 0.500. The molecule has 0 radical (unpaired) electrons. The molecule has 1 aromatic carbocycles. The molecule has 0 amide bonds. The molecular formula is C14H17N3O3. The molecular weight excluding hydrogens is 258 g/mol. The van der Waals surface area contributed by atoms with Crippen LogP contribution in [0.15, 0.2) is 18.2 Å². The van der Waals surface area contributed by atoms with Gasteiger partial charge in [-0.1, -0.05) is 0 Å². The summed E-state index contributed by atoms with van der Waals surface area (Å²) in [6.45, 7) is 4.02. The Labute approximate surface area is 117 Å². The van der Waals surface area contributed by atoms with Gasteiger partial charge in [0.2, 0.25) is 0 Å². The lowest BCUT2D eigenvalue weighted by Crippen LogP contribution is -2.40. The van der Waals surface area contributed by atoms with Crippen molar-refractivity contribution >= 4 is 11.4 Å². The zero-order chi connectivity index (χ0) is 14.5. The van der Waals surface area contributed by atoms with E-state index >= 15 is 0 Å². The zero-order valence-corrected chi connectivity index (χ0v) is 11.4. The van der Waals surface area contributed by atoms with E-state index in [1.807, 2.05) is 17.9 Å². The van der Waals surface area contributed by atoms with E-state index in [4.69, 9.17) is 10.00 Å². The Hall–Kier alpha value is -2.13. The van der Waals surface area contributed by atoms with Crippen LogP contribution in [-0.2, 0) is 4.74 Å². The quantitative estimate of drug-likeness (QED) is 0.623. The second-order valence-corrected chi connectivity index (χ2v) is 4.74. The Kier molecular flexibility index (Phi) is 4.53. The number of piperidine rings is 1. The maximum absolute atomic E-state index is 11.2. The lowest BCUT2D eigenvalue weighted by atomic mass is 10.1. The van der Waals surface area contributed by atoms with Gasteiger partial charge in [-0.2, -0.15) is 5.26 Å². The summed E-state index contributed by atoms with van der Waals surface area (Å²) in [5.41, 5.74) is 0.860. The normalized spacial score (nSPS) is 18.6. The van der Waals surface area contributed by atoms with Crippen LogP contribution in [0.3, 0.4) is 0 Å². The predicted octanol–water partition coefficient (Wildman–Crippen LogP) is 2.47. The van der Waals surface area contributed by atoms with Gasteiger partial charge in [0.1, 0.15) is 5.69 Å². The van der Waals surface area contributed by atoms with Crippen LogP contribution in [0.2, 0.25) is 0 Å². The van der Waals surface area contributed by atoms with E-state index in [1.165, 1.54) is 6.07 Å². The summed E-state index contributed by atoms with van der Waals surface area (Å²) >= 11 is 0. The van der Waals surface area contributed by atoms with E-state index in [1.54, 1.807) is 12.1 Å². The maximum Gasteiger partial charge on any atom is 0.293 e. The minimum Gasteiger partial charge on any atom is -0.377 e. The van der Waals surface area contributed by atoms with Crippen LogP contribution in [0.1, 0.15) is 25.3 Å². The first-order valence-electron chi connectivity index (χ1n) is 6.70. The molecule has 6 heteroatoms. The molecule has 1 aliphatic heterocycles. The van der Waals surface area contributed by atoms with E-state index in [-0.39, 0.29) is 11.8 Å². The average molecular weight is 275 g/mol. The highest BCUT2D eigenvalue weighted by molar-refractivity contribution is 5.65. The van der Waals surface area contributed by atoms with Crippen molar-refractivity contribution in [1.29, 1.82) is 5.26 Å². The number of hydrogen-bond donors (Lipinski definition) is 0. The average Bonchev–Trinajstić information content (AvgIpc) is 2.47. The maximum atomic E-state index is 11.2. The molecule has 1 heterocycles. The second kappa shape index (κ2) is 6.35. The monoisotopic (exact) mass is 275 g/mol. The van der Waals surface area contributed by atoms with Crippen molar-refractivity contribution in [3.8, 4) is 6.07 Å². The summed E-state index contributed by atoms with van der Waals surface area (Å²) in [6, 6.07) is 6.54. The van der Waals surface area contributed by atoms with E-state index in [0.29, 0.717) is 24.4 Å². The van der Waals surface area contributed by atoms with Crippen molar-refractivity contribution in [2.75, 3.05) is 24.6 Å². The SMILES string of the molecule is CCOC1CCCN(c2ccc(C#N)cc2[N+](=O)[O-])C1. The molecule has 0 aliphatic carbocycles. The number of anilines is 1. The smallest absolute Gasteiger partial charge is 0.293 e. The Morgan fingerprint density at radius 1 is 1.60 bits per heavy atom. The number of rotatable bonds is 4. The van der Waals surface area contributed by atoms with Crippen LogP contribution in [-0.4, -0.2) is 30.7 Å². The molecule has 1 saturated heterocycles. The first kappa shape index (κ1) is 14.3. The van der Waals surface area contributed by atoms with Crippen molar-refractivity contribution in [2.45, 2.75) is 25.9 Å². The van der Waals surface area contributed by atoms with Crippen LogP contribution in [0.5, 0.6) is 0 Å². The first-order valence-corrected chi connectivity index (χ1v) is 6.70. The van der Waals surface area contributed by atoms with E-state index in [2.05, 4.69) is 0 Å². The van der Waals surface area contributed by atoms with Crippen molar-refractivity contribution in [3.63, 3.8) is 0 Å². The summed E-state index contributed by atoms with van der Waals surface area (Å²) < 4.78 is 5.62. The number of nitro groups is 1. The molecule has 6 nitrogen and oxygen atoms in total. The molecule has 20 heavy (non-hydrogen) atoms. The summed E-state index contributed by atoms with van der Waals surface area (Å²) in [5.74, 6) is 0. The molecule has 0 bridgehead atoms. The highest BCUT2D eigenvalue weighted by Crippen LogP contribution is 2.31. The van der Waals surface area contributed by atoms with Gasteiger partial charge in [0.15, 0.2) is 0 Å². The Bertz CT molecular complexity index is 537. The lowest BCUT2D eigenvalue weighted by molar-refractivity contribution is -0.384. The number of nitrogens with zero attached hydrogens (tertiary/aromatic N) is 3. The molecule has 0 saturated carbocycles. The predicted molar refractivity (Wildman–Crippen MR) is 74.7 cm³/mol. The third kappa shape index (κ3) is 3.06. The number of hydrogen-bond acceptors (Lipinski definition) is 5. The van der Waals surface area contributed by atoms with E-state index in [9.17, 15) is 10.1 Å². The van der Waals surface area contributed by atoms with Crippen LogP contribution in [0.4, 0.5) is 11.4 Å². The van der Waals surface area contributed by atoms with Gasteiger partial charge in [-0.15, -0.1) is 0 Å². The number of nitro benzene ring substituents is 1. The van der Waals surface area contributed by atoms with Crippen LogP contribution in [0, 0.1) is 21.4 Å². The molecule has 1 aromatic rings. The Morgan fingerprint density at radius 3 is 3.05 bits per heavy atom. The molecule has 0 spiro atoms. The zero-order valence-electron chi connectivity index (χ0n) is 11.4. The van der Waals surface area contributed by atoms with Crippen LogP contribution < -0.4 is 4.90 Å². The van der Waals surface area contributed by atoms with Crippen molar-refractivity contribution in [3.05, 3.63) is 33.9 Å². The van der Waals surface area contributed by atoms with Gasteiger partial charge in [0, 0.05) is 25.8 Å². The van der Waals surface area contributed by atoms with E-state index in [0.717, 1.165) is 19.4 Å². The fourth-order valence-corrected chi connectivity index (χ4v) is 2.54. The molecule has 0 aromatic heterocycles. The van der Waals surface area contributed by atoms with Gasteiger partial charge in [0.25, 0.3) is 5.69 Å². The van der Waals surface area contributed by atoms with Crippen LogP contribution in [0.25, 0.3) is 0 Å². The molecule has 1 atom stereocenters. The molecule has 106 valence electrons. The highest BCUT2D eigenvalue weighted by atomic mass is 16.6. The summed E-state index contributed by atoms with van der Waals surface area (Å²) in [6.07, 6.45) is 2.04. The topological polar surface area (TPSA) is 79.4 Å². The number of benzene rings is 1. The summed E-state index contributed by atoms with van der Waals surface area (Å²) in [5, 5.41) is 20.0. The van der Waals surface area contributed by atoms with Gasteiger partial charge in [-0.05, 0) is 31.9 Å². The van der Waals surface area contributed by atoms with Crippen molar-refractivity contribution in [2.24, 2.45) is 0 Å². The van der Waals surface area contributed by atoms with Gasteiger partial charge in [0.05, 0.1) is 22.7 Å². The molecule has 1 fully saturated rings.